The van der Waals surface area contributed by atoms with Gasteiger partial charge in [0, 0.05) is 56.5 Å². The van der Waals surface area contributed by atoms with Gasteiger partial charge in [0.05, 0.1) is 17.1 Å². The molecular weight excluding hydrogens is 400 g/mol. The van der Waals surface area contributed by atoms with E-state index in [1.807, 2.05) is 13.8 Å². The van der Waals surface area contributed by atoms with Crippen molar-refractivity contribution in [3.63, 3.8) is 0 Å². The van der Waals surface area contributed by atoms with Crippen LogP contribution in [-0.4, -0.2) is 84.2 Å². The van der Waals surface area contributed by atoms with Gasteiger partial charge in [-0.15, -0.1) is 0 Å². The number of amides is 1. The second kappa shape index (κ2) is 8.34. The van der Waals surface area contributed by atoms with Crippen LogP contribution in [0.1, 0.15) is 29.8 Å². The van der Waals surface area contributed by atoms with E-state index in [0.717, 1.165) is 0 Å². The van der Waals surface area contributed by atoms with E-state index in [1.165, 1.54) is 19.6 Å². The summed E-state index contributed by atoms with van der Waals surface area (Å²) < 4.78 is 34.3. The number of morpholine rings is 1. The molecule has 0 unspecified atom stereocenters. The first kappa shape index (κ1) is 21.6. The Bertz CT molecular complexity index is 888. The quantitative estimate of drug-likeness (QED) is 0.525. The van der Waals surface area contributed by atoms with Gasteiger partial charge in [-0.05, 0) is 26.8 Å². The standard InChI is InChI=1S/C18H26N4O6S/c1-13-4-5-16(10-17(13)22(24)25)18(23)19-6-8-20(9-7-19)29(26,27)21-11-14(2)28-15(3)12-21/h4-5,10,14-15H,6-9,11-12H2,1-3H3/t14-,15-/m0/s1. The van der Waals surface area contributed by atoms with Crippen molar-refractivity contribution >= 4 is 21.8 Å². The van der Waals surface area contributed by atoms with E-state index in [4.69, 9.17) is 4.74 Å². The normalized spacial score (nSPS) is 24.4. The summed E-state index contributed by atoms with van der Waals surface area (Å²) in [6, 6.07) is 4.38. The topological polar surface area (TPSA) is 113 Å². The zero-order valence-electron chi connectivity index (χ0n) is 16.8. The third-order valence-electron chi connectivity index (χ3n) is 5.22. The molecule has 0 bridgehead atoms. The molecule has 160 valence electrons. The average Bonchev–Trinajstić information content (AvgIpc) is 2.67. The lowest BCUT2D eigenvalue weighted by Crippen LogP contribution is -2.57. The maximum absolute atomic E-state index is 13.0. The van der Waals surface area contributed by atoms with Crippen molar-refractivity contribution in [3.05, 3.63) is 39.4 Å². The first-order chi connectivity index (χ1) is 13.6. The SMILES string of the molecule is Cc1ccc(C(=O)N2CCN(S(=O)(=O)N3C[C@H](C)O[C@@H](C)C3)CC2)cc1[N+](=O)[O-]. The monoisotopic (exact) mass is 426 g/mol. The Labute approximate surface area is 170 Å². The molecule has 2 saturated heterocycles. The molecule has 2 heterocycles. The number of nitro groups is 1. The summed E-state index contributed by atoms with van der Waals surface area (Å²) in [4.78, 5) is 24.9. The smallest absolute Gasteiger partial charge is 0.282 e. The van der Waals surface area contributed by atoms with E-state index in [0.29, 0.717) is 18.7 Å². The minimum atomic E-state index is -3.63. The number of benzene rings is 1. The molecule has 0 saturated carbocycles. The molecule has 1 amide bonds. The van der Waals surface area contributed by atoms with E-state index < -0.39 is 15.1 Å². The molecule has 1 aromatic rings. The summed E-state index contributed by atoms with van der Waals surface area (Å²) in [6.45, 7) is 6.74. The first-order valence-electron chi connectivity index (χ1n) is 9.54. The lowest BCUT2D eigenvalue weighted by Gasteiger charge is -2.40. The summed E-state index contributed by atoms with van der Waals surface area (Å²) in [5, 5.41) is 11.1. The van der Waals surface area contributed by atoms with Crippen LogP contribution < -0.4 is 0 Å². The Hall–Kier alpha value is -2.08. The lowest BCUT2D eigenvalue weighted by molar-refractivity contribution is -0.385. The van der Waals surface area contributed by atoms with Crippen LogP contribution in [-0.2, 0) is 14.9 Å². The van der Waals surface area contributed by atoms with Gasteiger partial charge in [0.2, 0.25) is 0 Å². The molecule has 29 heavy (non-hydrogen) atoms. The van der Waals surface area contributed by atoms with Crippen molar-refractivity contribution in [2.75, 3.05) is 39.3 Å². The van der Waals surface area contributed by atoms with Gasteiger partial charge in [0.1, 0.15) is 0 Å². The van der Waals surface area contributed by atoms with Gasteiger partial charge < -0.3 is 9.64 Å². The number of nitrogens with zero attached hydrogens (tertiary/aromatic N) is 4. The molecule has 3 rings (SSSR count). The maximum atomic E-state index is 13.0. The molecule has 2 fully saturated rings. The van der Waals surface area contributed by atoms with E-state index >= 15 is 0 Å². The van der Waals surface area contributed by atoms with Crippen LogP contribution in [0, 0.1) is 17.0 Å². The molecule has 2 atom stereocenters. The molecular formula is C18H26N4O6S. The van der Waals surface area contributed by atoms with Gasteiger partial charge in [-0.2, -0.15) is 17.0 Å². The number of carbonyl (C=O) groups is 1. The number of piperazine rings is 1. The first-order valence-corrected chi connectivity index (χ1v) is 10.9. The molecule has 0 spiro atoms. The fourth-order valence-corrected chi connectivity index (χ4v) is 5.47. The molecule has 2 aliphatic rings. The van der Waals surface area contributed by atoms with Crippen LogP contribution in [0.3, 0.4) is 0 Å². The van der Waals surface area contributed by atoms with Crippen molar-refractivity contribution in [1.29, 1.82) is 0 Å². The van der Waals surface area contributed by atoms with Crippen LogP contribution in [0.2, 0.25) is 0 Å². The summed E-state index contributed by atoms with van der Waals surface area (Å²) in [7, 11) is -3.63. The fraction of sp³-hybridized carbons (Fsp3) is 0.611. The van der Waals surface area contributed by atoms with Crippen molar-refractivity contribution in [1.82, 2.24) is 13.5 Å². The van der Waals surface area contributed by atoms with Crippen molar-refractivity contribution in [2.24, 2.45) is 0 Å². The van der Waals surface area contributed by atoms with Crippen LogP contribution >= 0.6 is 0 Å². The zero-order valence-corrected chi connectivity index (χ0v) is 17.6. The van der Waals surface area contributed by atoms with Gasteiger partial charge in [0.25, 0.3) is 21.8 Å². The van der Waals surface area contributed by atoms with Gasteiger partial charge in [-0.25, -0.2) is 0 Å². The van der Waals surface area contributed by atoms with E-state index in [2.05, 4.69) is 0 Å². The molecule has 1 aromatic carbocycles. The fourth-order valence-electron chi connectivity index (χ4n) is 3.73. The highest BCUT2D eigenvalue weighted by Gasteiger charge is 2.37. The van der Waals surface area contributed by atoms with Crippen LogP contribution in [0.5, 0.6) is 0 Å². The van der Waals surface area contributed by atoms with E-state index in [9.17, 15) is 23.3 Å². The number of aryl methyl sites for hydroxylation is 1. The van der Waals surface area contributed by atoms with Gasteiger partial charge in [-0.3, -0.25) is 14.9 Å². The Morgan fingerprint density at radius 2 is 1.69 bits per heavy atom. The highest BCUT2D eigenvalue weighted by atomic mass is 32.2. The minimum absolute atomic E-state index is 0.104. The predicted octanol–water partition coefficient (Wildman–Crippen LogP) is 1.02. The second-order valence-corrected chi connectivity index (χ2v) is 9.46. The van der Waals surface area contributed by atoms with Crippen molar-refractivity contribution < 1.29 is 22.9 Å². The molecule has 2 aliphatic heterocycles. The summed E-state index contributed by atoms with van der Waals surface area (Å²) >= 11 is 0. The second-order valence-electron chi connectivity index (χ2n) is 7.53. The Morgan fingerprint density at radius 3 is 2.24 bits per heavy atom. The molecule has 10 nitrogen and oxygen atoms in total. The number of ether oxygens (including phenoxy) is 1. The molecule has 0 aromatic heterocycles. The Balaban J connectivity index is 1.66. The van der Waals surface area contributed by atoms with Crippen molar-refractivity contribution in [3.8, 4) is 0 Å². The minimum Gasteiger partial charge on any atom is -0.373 e. The summed E-state index contributed by atoms with van der Waals surface area (Å²) in [6.07, 6.45) is -0.345. The van der Waals surface area contributed by atoms with Crippen LogP contribution in [0.25, 0.3) is 0 Å². The van der Waals surface area contributed by atoms with Crippen LogP contribution in [0.4, 0.5) is 5.69 Å². The van der Waals surface area contributed by atoms with Crippen molar-refractivity contribution in [2.45, 2.75) is 33.0 Å². The highest BCUT2D eigenvalue weighted by molar-refractivity contribution is 7.86. The molecule has 0 N–H and O–H groups in total. The van der Waals surface area contributed by atoms with Crippen LogP contribution in [0.15, 0.2) is 18.2 Å². The number of hydrogen-bond acceptors (Lipinski definition) is 6. The van der Waals surface area contributed by atoms with E-state index in [1.54, 1.807) is 19.1 Å². The number of carbonyl (C=O) groups excluding carboxylic acids is 1. The molecule has 0 radical (unpaired) electrons. The van der Waals surface area contributed by atoms with Gasteiger partial charge in [-0.1, -0.05) is 6.07 Å². The third-order valence-corrected chi connectivity index (χ3v) is 7.19. The van der Waals surface area contributed by atoms with Gasteiger partial charge in [0.15, 0.2) is 0 Å². The predicted molar refractivity (Wildman–Crippen MR) is 106 cm³/mol. The number of hydrogen-bond donors (Lipinski definition) is 0. The van der Waals surface area contributed by atoms with E-state index in [-0.39, 0.29) is 55.5 Å². The third kappa shape index (κ3) is 4.58. The number of nitro benzene ring substituents is 1. The van der Waals surface area contributed by atoms with Gasteiger partial charge >= 0.3 is 0 Å². The average molecular weight is 426 g/mol. The summed E-state index contributed by atoms with van der Waals surface area (Å²) in [5.74, 6) is -0.334. The molecule has 11 heteroatoms. The highest BCUT2D eigenvalue weighted by Crippen LogP contribution is 2.22. The lowest BCUT2D eigenvalue weighted by atomic mass is 10.1. The summed E-state index contributed by atoms with van der Waals surface area (Å²) in [5.41, 5.74) is 0.610. The Kier molecular flexibility index (Phi) is 6.22. The Morgan fingerprint density at radius 1 is 1.10 bits per heavy atom. The molecule has 0 aliphatic carbocycles. The number of rotatable bonds is 4. The maximum Gasteiger partial charge on any atom is 0.282 e. The zero-order chi connectivity index (χ0) is 21.3. The largest absolute Gasteiger partial charge is 0.373 e.